The number of ether oxygens (including phenoxy) is 1. The Bertz CT molecular complexity index is 888. The molecule has 2 aromatic carbocycles. The lowest BCUT2D eigenvalue weighted by Crippen LogP contribution is -2.40. The zero-order chi connectivity index (χ0) is 20.3. The molecule has 28 heavy (non-hydrogen) atoms. The molecule has 0 bridgehead atoms. The molecule has 1 fully saturated rings. The van der Waals surface area contributed by atoms with E-state index in [0.29, 0.717) is 23.3 Å². The van der Waals surface area contributed by atoms with Crippen molar-refractivity contribution in [3.8, 4) is 11.1 Å². The number of carbonyl (C=O) groups excluding carboxylic acids is 1. The van der Waals surface area contributed by atoms with E-state index in [9.17, 15) is 15.0 Å². The summed E-state index contributed by atoms with van der Waals surface area (Å²) in [5.41, 5.74) is 1.95. The Kier molecular flexibility index (Phi) is 6.23. The Morgan fingerprint density at radius 2 is 1.89 bits per heavy atom. The minimum Gasteiger partial charge on any atom is -0.508 e. The molecule has 2 unspecified atom stereocenters. The zero-order valence-electron chi connectivity index (χ0n) is 16.1. The van der Waals surface area contributed by atoms with Crippen LogP contribution in [0.3, 0.4) is 0 Å². The summed E-state index contributed by atoms with van der Waals surface area (Å²) in [6, 6.07) is 13.1. The lowest BCUT2D eigenvalue weighted by atomic mass is 9.79. The molecular weight excluding hydrogens is 376 g/mol. The first-order valence-corrected chi connectivity index (χ1v) is 9.77. The van der Waals surface area contributed by atoms with Crippen LogP contribution >= 0.6 is 11.6 Å². The van der Waals surface area contributed by atoms with E-state index in [4.69, 9.17) is 16.3 Å². The molecule has 0 amide bonds. The maximum atomic E-state index is 11.9. The van der Waals surface area contributed by atoms with Gasteiger partial charge in [0.05, 0.1) is 11.7 Å². The Labute approximate surface area is 170 Å². The lowest BCUT2D eigenvalue weighted by Gasteiger charge is -2.36. The van der Waals surface area contributed by atoms with Gasteiger partial charge in [-0.1, -0.05) is 35.9 Å². The molecule has 4 nitrogen and oxygen atoms in total. The van der Waals surface area contributed by atoms with Crippen LogP contribution < -0.4 is 0 Å². The van der Waals surface area contributed by atoms with Gasteiger partial charge in [0.25, 0.3) is 0 Å². The topological polar surface area (TPSA) is 66.8 Å². The molecule has 0 saturated heterocycles. The number of hydrogen-bond donors (Lipinski definition) is 2. The summed E-state index contributed by atoms with van der Waals surface area (Å²) in [5, 5.41) is 22.6. The van der Waals surface area contributed by atoms with Crippen molar-refractivity contribution in [2.75, 3.05) is 7.11 Å². The molecule has 2 aromatic rings. The lowest BCUT2D eigenvalue weighted by molar-refractivity contribution is -0.104. The number of aliphatic hydroxyl groups excluding tert-OH is 1. The van der Waals surface area contributed by atoms with Crippen molar-refractivity contribution in [1.29, 1.82) is 0 Å². The SMILES string of the molecule is COC1CCCC(O)(/C(O)=C(\C=O)c2cc(-c3ccc(Cl)cc3)ccc2C)C1. The minimum atomic E-state index is -1.46. The fourth-order valence-electron chi connectivity index (χ4n) is 3.85. The summed E-state index contributed by atoms with van der Waals surface area (Å²) < 4.78 is 5.37. The highest BCUT2D eigenvalue weighted by molar-refractivity contribution is 6.30. The van der Waals surface area contributed by atoms with Crippen molar-refractivity contribution in [3.05, 3.63) is 64.4 Å². The molecule has 2 atom stereocenters. The van der Waals surface area contributed by atoms with Gasteiger partial charge < -0.3 is 14.9 Å². The average Bonchev–Trinajstić information content (AvgIpc) is 2.70. The second-order valence-corrected chi connectivity index (χ2v) is 7.84. The number of aliphatic hydroxyl groups is 2. The predicted octanol–water partition coefficient (Wildman–Crippen LogP) is 5.10. The third kappa shape index (κ3) is 4.14. The van der Waals surface area contributed by atoms with Crippen molar-refractivity contribution in [2.24, 2.45) is 0 Å². The molecule has 148 valence electrons. The fraction of sp³-hybridized carbons (Fsp3) is 0.348. The largest absolute Gasteiger partial charge is 0.508 e. The van der Waals surface area contributed by atoms with Gasteiger partial charge in [0.15, 0.2) is 6.29 Å². The number of methoxy groups -OCH3 is 1. The van der Waals surface area contributed by atoms with Crippen LogP contribution in [0.2, 0.25) is 5.02 Å². The monoisotopic (exact) mass is 400 g/mol. The van der Waals surface area contributed by atoms with Gasteiger partial charge in [0.2, 0.25) is 0 Å². The molecule has 1 aliphatic rings. The van der Waals surface area contributed by atoms with E-state index < -0.39 is 5.60 Å². The summed E-state index contributed by atoms with van der Waals surface area (Å²) >= 11 is 5.97. The number of aldehydes is 1. The number of rotatable bonds is 5. The molecule has 0 spiro atoms. The summed E-state index contributed by atoms with van der Waals surface area (Å²) in [7, 11) is 1.59. The Hall–Kier alpha value is -2.14. The van der Waals surface area contributed by atoms with Gasteiger partial charge in [0, 0.05) is 18.6 Å². The number of carbonyl (C=O) groups is 1. The van der Waals surface area contributed by atoms with Gasteiger partial charge in [-0.05, 0) is 66.6 Å². The standard InChI is InChI=1S/C23H25ClO4/c1-15-5-6-17(16-7-9-18(24)10-8-16)12-20(15)21(14-25)22(26)23(27)11-3-4-19(13-23)28-2/h5-10,12,14,19,26-27H,3-4,11,13H2,1-2H3/b22-21-. The van der Waals surface area contributed by atoms with E-state index in [-0.39, 0.29) is 23.9 Å². The molecule has 5 heteroatoms. The summed E-state index contributed by atoms with van der Waals surface area (Å²) in [5.74, 6) is -0.277. The fourth-order valence-corrected chi connectivity index (χ4v) is 3.98. The van der Waals surface area contributed by atoms with E-state index in [2.05, 4.69) is 0 Å². The highest BCUT2D eigenvalue weighted by atomic mass is 35.5. The van der Waals surface area contributed by atoms with Crippen molar-refractivity contribution >= 4 is 23.5 Å². The third-order valence-corrected chi connectivity index (χ3v) is 5.79. The highest BCUT2D eigenvalue weighted by Gasteiger charge is 2.40. The Balaban J connectivity index is 2.06. The predicted molar refractivity (Wildman–Crippen MR) is 111 cm³/mol. The van der Waals surface area contributed by atoms with Gasteiger partial charge in [0.1, 0.15) is 11.4 Å². The van der Waals surface area contributed by atoms with Crippen LogP contribution in [0.15, 0.2) is 48.2 Å². The van der Waals surface area contributed by atoms with Gasteiger partial charge in [-0.3, -0.25) is 4.79 Å². The van der Waals surface area contributed by atoms with Crippen LogP contribution in [0.4, 0.5) is 0 Å². The molecule has 2 N–H and O–H groups in total. The van der Waals surface area contributed by atoms with Crippen molar-refractivity contribution < 1.29 is 19.7 Å². The second-order valence-electron chi connectivity index (χ2n) is 7.40. The van der Waals surface area contributed by atoms with E-state index in [1.165, 1.54) is 0 Å². The van der Waals surface area contributed by atoms with Crippen LogP contribution in [0, 0.1) is 6.92 Å². The van der Waals surface area contributed by atoms with Crippen molar-refractivity contribution in [1.82, 2.24) is 0 Å². The van der Waals surface area contributed by atoms with Gasteiger partial charge >= 0.3 is 0 Å². The first kappa shape index (κ1) is 20.6. The maximum Gasteiger partial charge on any atom is 0.154 e. The van der Waals surface area contributed by atoms with E-state index in [1.54, 1.807) is 19.2 Å². The van der Waals surface area contributed by atoms with Gasteiger partial charge in [-0.2, -0.15) is 0 Å². The molecule has 1 saturated carbocycles. The second kappa shape index (κ2) is 8.48. The Morgan fingerprint density at radius 1 is 1.21 bits per heavy atom. The van der Waals surface area contributed by atoms with Crippen LogP contribution in [-0.2, 0) is 9.53 Å². The quantitative estimate of drug-likeness (QED) is 0.416. The van der Waals surface area contributed by atoms with E-state index >= 15 is 0 Å². The number of hydrogen-bond acceptors (Lipinski definition) is 4. The van der Waals surface area contributed by atoms with Gasteiger partial charge in [-0.25, -0.2) is 0 Å². The number of benzene rings is 2. The highest BCUT2D eigenvalue weighted by Crippen LogP contribution is 2.38. The summed E-state index contributed by atoms with van der Waals surface area (Å²) in [6.45, 7) is 1.88. The van der Waals surface area contributed by atoms with Gasteiger partial charge in [-0.15, -0.1) is 0 Å². The maximum absolute atomic E-state index is 11.9. The third-order valence-electron chi connectivity index (χ3n) is 5.53. The van der Waals surface area contributed by atoms with Crippen LogP contribution in [0.5, 0.6) is 0 Å². The van der Waals surface area contributed by atoms with E-state index in [1.807, 2.05) is 37.3 Å². The van der Waals surface area contributed by atoms with Crippen molar-refractivity contribution in [2.45, 2.75) is 44.3 Å². The average molecular weight is 401 g/mol. The number of halogens is 1. The number of aryl methyl sites for hydroxylation is 1. The van der Waals surface area contributed by atoms with Crippen molar-refractivity contribution in [3.63, 3.8) is 0 Å². The zero-order valence-corrected chi connectivity index (χ0v) is 16.9. The van der Waals surface area contributed by atoms with E-state index in [0.717, 1.165) is 29.5 Å². The first-order chi connectivity index (χ1) is 13.4. The Morgan fingerprint density at radius 3 is 2.54 bits per heavy atom. The first-order valence-electron chi connectivity index (χ1n) is 9.39. The summed E-state index contributed by atoms with van der Waals surface area (Å²) in [6.07, 6.45) is 2.68. The number of allylic oxidation sites excluding steroid dienone is 1. The van der Waals surface area contributed by atoms with Crippen LogP contribution in [0.1, 0.15) is 36.8 Å². The molecule has 1 aliphatic carbocycles. The molecule has 0 heterocycles. The molecule has 0 radical (unpaired) electrons. The normalized spacial score (nSPS) is 23.2. The molecule has 0 aliphatic heterocycles. The molecular formula is C23H25ClO4. The molecule has 3 rings (SSSR count). The van der Waals surface area contributed by atoms with Crippen LogP contribution in [-0.4, -0.2) is 35.3 Å². The molecule has 0 aromatic heterocycles. The van der Waals surface area contributed by atoms with Crippen LogP contribution in [0.25, 0.3) is 16.7 Å². The summed E-state index contributed by atoms with van der Waals surface area (Å²) in [4.78, 5) is 11.9. The minimum absolute atomic E-state index is 0.118. The smallest absolute Gasteiger partial charge is 0.154 e.